The number of amides is 2. The van der Waals surface area contributed by atoms with Gasteiger partial charge in [-0.1, -0.05) is 92.8 Å². The number of carbonyl (C=O) groups is 2. The molecule has 2 aliphatic rings. The third kappa shape index (κ3) is 4.70. The molecule has 6 rings (SSSR count). The Morgan fingerprint density at radius 3 is 2.38 bits per heavy atom. The first-order valence-electron chi connectivity index (χ1n) is 14.5. The van der Waals surface area contributed by atoms with E-state index in [-0.39, 0.29) is 36.8 Å². The van der Waals surface area contributed by atoms with Crippen LogP contribution in [0.4, 0.5) is 4.39 Å². The summed E-state index contributed by atoms with van der Waals surface area (Å²) < 4.78 is 17.0. The maximum absolute atomic E-state index is 15.0. The van der Waals surface area contributed by atoms with E-state index < -0.39 is 5.54 Å². The highest BCUT2D eigenvalue weighted by Crippen LogP contribution is 2.41. The quantitative estimate of drug-likeness (QED) is 0.302. The number of nitrogens with one attached hydrogen (secondary N) is 1. The number of halogens is 1. The number of nitrogens with zero attached hydrogens (tertiary/aromatic N) is 2. The lowest BCUT2D eigenvalue weighted by Crippen LogP contribution is -2.64. The summed E-state index contributed by atoms with van der Waals surface area (Å²) >= 11 is 0. The molecule has 2 heterocycles. The third-order valence-corrected chi connectivity index (χ3v) is 8.73. The summed E-state index contributed by atoms with van der Waals surface area (Å²) in [5.74, 6) is -0.867. The Morgan fingerprint density at radius 1 is 0.925 bits per heavy atom. The van der Waals surface area contributed by atoms with Gasteiger partial charge >= 0.3 is 0 Å². The summed E-state index contributed by atoms with van der Waals surface area (Å²) in [6, 6.07) is 24.1. The van der Waals surface area contributed by atoms with Crippen molar-refractivity contribution in [3.05, 3.63) is 107 Å². The van der Waals surface area contributed by atoms with Gasteiger partial charge < -0.3 is 14.8 Å². The van der Waals surface area contributed by atoms with Gasteiger partial charge in [-0.05, 0) is 49.1 Å². The van der Waals surface area contributed by atoms with Crippen molar-refractivity contribution in [3.63, 3.8) is 0 Å². The minimum Gasteiger partial charge on any atom is -0.351 e. The van der Waals surface area contributed by atoms with Crippen molar-refractivity contribution in [1.29, 1.82) is 0 Å². The van der Waals surface area contributed by atoms with Crippen LogP contribution in [0.15, 0.2) is 78.9 Å². The monoisotopic (exact) mass is 537 g/mol. The Kier molecular flexibility index (Phi) is 7.18. The van der Waals surface area contributed by atoms with Crippen LogP contribution in [-0.4, -0.2) is 27.3 Å². The smallest absolute Gasteiger partial charge is 0.272 e. The second-order valence-electron chi connectivity index (χ2n) is 11.4. The molecule has 4 aromatic rings. The Hall–Kier alpha value is -3.93. The van der Waals surface area contributed by atoms with E-state index in [9.17, 15) is 9.59 Å². The van der Waals surface area contributed by atoms with Crippen LogP contribution in [0.25, 0.3) is 10.9 Å². The minimum atomic E-state index is -1.36. The lowest BCUT2D eigenvalue weighted by molar-refractivity contribution is -0.136. The van der Waals surface area contributed by atoms with Crippen LogP contribution in [0.5, 0.6) is 0 Å². The molecular weight excluding hydrogens is 501 g/mol. The molecule has 1 saturated carbocycles. The Balaban J connectivity index is 1.53. The average molecular weight is 538 g/mol. The van der Waals surface area contributed by atoms with E-state index in [1.165, 1.54) is 25.3 Å². The number of hydrogen-bond acceptors (Lipinski definition) is 2. The van der Waals surface area contributed by atoms with Gasteiger partial charge in [-0.25, -0.2) is 4.39 Å². The summed E-state index contributed by atoms with van der Waals surface area (Å²) in [5, 5.41) is 4.34. The van der Waals surface area contributed by atoms with Gasteiger partial charge in [0.25, 0.3) is 11.8 Å². The van der Waals surface area contributed by atoms with Crippen LogP contribution >= 0.6 is 0 Å². The SMILES string of the molecule is Cc1ccc2cc3n(c2c1)C[C@@](C(=O)NC1CCCCCCC1)(c1ccccc1)N(Cc1ccccc1F)C3=O. The predicted molar refractivity (Wildman–Crippen MR) is 155 cm³/mol. The van der Waals surface area contributed by atoms with Crippen LogP contribution in [0.2, 0.25) is 0 Å². The molecule has 5 nitrogen and oxygen atoms in total. The number of aromatic nitrogens is 1. The molecule has 2 amide bonds. The number of rotatable bonds is 5. The van der Waals surface area contributed by atoms with Crippen LogP contribution in [0.3, 0.4) is 0 Å². The number of fused-ring (bicyclic) bond motifs is 3. The summed E-state index contributed by atoms with van der Waals surface area (Å²) in [7, 11) is 0. The number of benzene rings is 3. The largest absolute Gasteiger partial charge is 0.351 e. The molecule has 1 atom stereocenters. The van der Waals surface area contributed by atoms with E-state index in [0.29, 0.717) is 11.3 Å². The first kappa shape index (κ1) is 26.3. The Labute approximate surface area is 235 Å². The van der Waals surface area contributed by atoms with Gasteiger partial charge in [-0.3, -0.25) is 9.59 Å². The summed E-state index contributed by atoms with van der Waals surface area (Å²) in [6.07, 6.45) is 7.59. The first-order chi connectivity index (χ1) is 19.5. The molecule has 0 bridgehead atoms. The van der Waals surface area contributed by atoms with E-state index in [1.54, 1.807) is 23.1 Å². The molecule has 6 heteroatoms. The summed E-state index contributed by atoms with van der Waals surface area (Å²) in [4.78, 5) is 30.8. The molecule has 40 heavy (non-hydrogen) atoms. The lowest BCUT2D eigenvalue weighted by atomic mass is 9.83. The zero-order valence-electron chi connectivity index (χ0n) is 23.0. The van der Waals surface area contributed by atoms with Gasteiger partial charge in [-0.2, -0.15) is 0 Å². The highest BCUT2D eigenvalue weighted by Gasteiger charge is 2.53. The number of hydrogen-bond donors (Lipinski definition) is 1. The topological polar surface area (TPSA) is 54.3 Å². The van der Waals surface area contributed by atoms with Gasteiger partial charge in [0.2, 0.25) is 0 Å². The molecule has 1 aliphatic heterocycles. The highest BCUT2D eigenvalue weighted by atomic mass is 19.1. The molecular formula is C34H36FN3O2. The maximum atomic E-state index is 15.0. The van der Waals surface area contributed by atoms with Crippen LogP contribution in [0.1, 0.15) is 72.1 Å². The standard InChI is InChI=1S/C34H36FN3O2/c1-24-18-19-25-21-31-32(39)38(22-26-12-10-11-17-29(26)35)34(23-37(31)30(25)20-24,27-13-6-5-7-14-27)33(40)36-28-15-8-3-2-4-9-16-28/h5-7,10-14,17-21,28H,2-4,8-9,15-16,22-23H2,1H3,(H,36,40)/t34-/m0/s1. The van der Waals surface area contributed by atoms with Gasteiger partial charge in [0.05, 0.1) is 13.1 Å². The van der Waals surface area contributed by atoms with Gasteiger partial charge in [0.1, 0.15) is 11.5 Å². The zero-order valence-corrected chi connectivity index (χ0v) is 23.0. The second kappa shape index (κ2) is 10.9. The normalized spacial score (nSPS) is 20.1. The van der Waals surface area contributed by atoms with Crippen molar-refractivity contribution in [2.75, 3.05) is 0 Å². The van der Waals surface area contributed by atoms with Crippen LogP contribution in [-0.2, 0) is 23.4 Å². The Morgan fingerprint density at radius 2 is 1.62 bits per heavy atom. The molecule has 0 spiro atoms. The number of carbonyl (C=O) groups excluding carboxylic acids is 2. The molecule has 0 unspecified atom stereocenters. The molecule has 3 aromatic carbocycles. The van der Waals surface area contributed by atoms with E-state index in [2.05, 4.69) is 11.4 Å². The van der Waals surface area contributed by atoms with Gasteiger partial charge in [0, 0.05) is 22.5 Å². The molecule has 1 N–H and O–H groups in total. The van der Waals surface area contributed by atoms with Crippen LogP contribution in [0, 0.1) is 12.7 Å². The number of aryl methyl sites for hydroxylation is 1. The fraction of sp³-hybridized carbons (Fsp3) is 0.353. The lowest BCUT2D eigenvalue weighted by Gasteiger charge is -2.47. The van der Waals surface area contributed by atoms with Crippen molar-refractivity contribution in [3.8, 4) is 0 Å². The van der Waals surface area contributed by atoms with E-state index >= 15 is 4.39 Å². The predicted octanol–water partition coefficient (Wildman–Crippen LogP) is 6.87. The zero-order chi connectivity index (χ0) is 27.7. The van der Waals surface area contributed by atoms with Crippen molar-refractivity contribution < 1.29 is 14.0 Å². The fourth-order valence-corrected chi connectivity index (χ4v) is 6.53. The fourth-order valence-electron chi connectivity index (χ4n) is 6.53. The molecule has 206 valence electrons. The minimum absolute atomic E-state index is 0.0148. The average Bonchev–Trinajstić information content (AvgIpc) is 3.30. The molecule has 1 aromatic heterocycles. The molecule has 0 radical (unpaired) electrons. The highest BCUT2D eigenvalue weighted by molar-refractivity contribution is 6.04. The Bertz CT molecular complexity index is 1540. The summed E-state index contributed by atoms with van der Waals surface area (Å²) in [6.45, 7) is 2.26. The summed E-state index contributed by atoms with van der Waals surface area (Å²) in [5.41, 5.74) is 2.28. The molecule has 0 saturated heterocycles. The van der Waals surface area contributed by atoms with E-state index in [4.69, 9.17) is 0 Å². The van der Waals surface area contributed by atoms with Crippen LogP contribution < -0.4 is 5.32 Å². The van der Waals surface area contributed by atoms with Gasteiger partial charge in [0.15, 0.2) is 5.54 Å². The maximum Gasteiger partial charge on any atom is 0.272 e. The van der Waals surface area contributed by atoms with Crippen molar-refractivity contribution in [1.82, 2.24) is 14.8 Å². The van der Waals surface area contributed by atoms with E-state index in [1.807, 2.05) is 60.0 Å². The molecule has 1 aliphatic carbocycles. The van der Waals surface area contributed by atoms with Gasteiger partial charge in [-0.15, -0.1) is 0 Å². The third-order valence-electron chi connectivity index (χ3n) is 8.73. The molecule has 1 fully saturated rings. The van der Waals surface area contributed by atoms with Crippen molar-refractivity contribution in [2.45, 2.75) is 76.5 Å². The van der Waals surface area contributed by atoms with Crippen molar-refractivity contribution >= 4 is 22.7 Å². The second-order valence-corrected chi connectivity index (χ2v) is 11.4. The van der Waals surface area contributed by atoms with E-state index in [0.717, 1.165) is 47.7 Å². The first-order valence-corrected chi connectivity index (χ1v) is 14.5. The van der Waals surface area contributed by atoms with Crippen molar-refractivity contribution in [2.24, 2.45) is 0 Å².